The lowest BCUT2D eigenvalue weighted by Gasteiger charge is -2.13. The van der Waals surface area contributed by atoms with Crippen LogP contribution in [-0.4, -0.2) is 20.9 Å². The second-order valence-electron chi connectivity index (χ2n) is 7.31. The summed E-state index contributed by atoms with van der Waals surface area (Å²) >= 11 is 0. The van der Waals surface area contributed by atoms with Gasteiger partial charge in [0.15, 0.2) is 0 Å². The van der Waals surface area contributed by atoms with E-state index in [0.717, 1.165) is 46.2 Å². The minimum atomic E-state index is -0.206. The van der Waals surface area contributed by atoms with Crippen molar-refractivity contribution >= 4 is 33.4 Å². The fourth-order valence-electron chi connectivity index (χ4n) is 3.75. The summed E-state index contributed by atoms with van der Waals surface area (Å²) in [6.07, 6.45) is 7.40. The Morgan fingerprint density at radius 3 is 2.83 bits per heavy atom. The molecule has 4 aromatic rings. The lowest BCUT2D eigenvalue weighted by molar-refractivity contribution is 0.0969. The van der Waals surface area contributed by atoms with Gasteiger partial charge >= 0.3 is 0 Å². The number of amides is 1. The molecule has 2 heterocycles. The zero-order chi connectivity index (χ0) is 20.5. The summed E-state index contributed by atoms with van der Waals surface area (Å²) in [5.74, 6) is 0.524. The van der Waals surface area contributed by atoms with Gasteiger partial charge in [0.2, 0.25) is 0 Å². The normalized spacial score (nSPS) is 14.3. The first-order valence-electron chi connectivity index (χ1n) is 9.89. The Labute approximate surface area is 173 Å². The molecule has 0 fully saturated rings. The van der Waals surface area contributed by atoms with E-state index < -0.39 is 0 Å². The molecule has 0 spiro atoms. The van der Waals surface area contributed by atoms with Crippen molar-refractivity contribution in [3.05, 3.63) is 102 Å². The van der Waals surface area contributed by atoms with E-state index in [2.05, 4.69) is 27.9 Å². The van der Waals surface area contributed by atoms with Crippen molar-refractivity contribution in [1.29, 1.82) is 0 Å². The van der Waals surface area contributed by atoms with Crippen molar-refractivity contribution in [2.75, 3.05) is 0 Å². The number of hydrogen-bond donors (Lipinski definition) is 2. The monoisotopic (exact) mass is 392 g/mol. The van der Waals surface area contributed by atoms with Gasteiger partial charge in [0.05, 0.1) is 27.8 Å². The van der Waals surface area contributed by atoms with Crippen LogP contribution >= 0.6 is 0 Å². The number of carbonyl (C=O) groups excluding carboxylic acids is 1. The smallest absolute Gasteiger partial charge is 0.257 e. The molecule has 5 nitrogen and oxygen atoms in total. The van der Waals surface area contributed by atoms with Crippen molar-refractivity contribution in [3.63, 3.8) is 0 Å². The average Bonchev–Trinajstić information content (AvgIpc) is 3.11. The molecule has 0 atom stereocenters. The summed E-state index contributed by atoms with van der Waals surface area (Å²) < 4.78 is 0. The van der Waals surface area contributed by atoms with Crippen LogP contribution in [-0.2, 0) is 0 Å². The number of pyridine rings is 1. The first kappa shape index (κ1) is 18.1. The highest BCUT2D eigenvalue weighted by Gasteiger charge is 2.19. The third kappa shape index (κ3) is 3.31. The number of allylic oxidation sites excluding steroid dienone is 4. The number of hydrogen-bond acceptors (Lipinski definition) is 3. The lowest BCUT2D eigenvalue weighted by atomic mass is 10.1. The van der Waals surface area contributed by atoms with Gasteiger partial charge in [-0.2, -0.15) is 0 Å². The Morgan fingerprint density at radius 1 is 1.07 bits per heavy atom. The van der Waals surface area contributed by atoms with Crippen molar-refractivity contribution in [1.82, 2.24) is 20.3 Å². The van der Waals surface area contributed by atoms with Crippen LogP contribution in [0.3, 0.4) is 0 Å². The predicted molar refractivity (Wildman–Crippen MR) is 120 cm³/mol. The van der Waals surface area contributed by atoms with E-state index in [1.165, 1.54) is 0 Å². The van der Waals surface area contributed by atoms with Gasteiger partial charge in [0, 0.05) is 17.2 Å². The molecule has 2 aromatic heterocycles. The van der Waals surface area contributed by atoms with Gasteiger partial charge in [-0.1, -0.05) is 48.6 Å². The van der Waals surface area contributed by atoms with Gasteiger partial charge in [0.25, 0.3) is 5.91 Å². The number of nitrogens with one attached hydrogen (secondary N) is 2. The maximum absolute atomic E-state index is 13.2. The Kier molecular flexibility index (Phi) is 4.48. The highest BCUT2D eigenvalue weighted by atomic mass is 16.1. The van der Waals surface area contributed by atoms with Crippen molar-refractivity contribution in [3.8, 4) is 0 Å². The Morgan fingerprint density at radius 2 is 1.93 bits per heavy atom. The molecule has 0 saturated heterocycles. The van der Waals surface area contributed by atoms with E-state index in [-0.39, 0.29) is 5.91 Å². The summed E-state index contributed by atoms with van der Waals surface area (Å²) in [6.45, 7) is 4.12. The number of fused-ring (bicyclic) bond motifs is 2. The van der Waals surface area contributed by atoms with Gasteiger partial charge in [-0.3, -0.25) is 9.78 Å². The number of para-hydroxylation sites is 3. The molecule has 0 unspecified atom stereocenters. The van der Waals surface area contributed by atoms with E-state index in [1.54, 1.807) is 12.3 Å². The molecule has 0 bridgehead atoms. The van der Waals surface area contributed by atoms with Crippen molar-refractivity contribution in [2.45, 2.75) is 12.8 Å². The molecular formula is C25H20N4O. The largest absolute Gasteiger partial charge is 0.338 e. The van der Waals surface area contributed by atoms with E-state index in [0.29, 0.717) is 16.8 Å². The van der Waals surface area contributed by atoms with Crippen molar-refractivity contribution in [2.24, 2.45) is 0 Å². The number of aromatic amines is 1. The Balaban J connectivity index is 1.54. The molecule has 2 aromatic carbocycles. The molecule has 30 heavy (non-hydrogen) atoms. The summed E-state index contributed by atoms with van der Waals surface area (Å²) in [6, 6.07) is 17.3. The SMILES string of the molecule is C=C1C=C(NC(=O)c2cccc3cccnc23)C(c2nc3ccccc3[nH]2)=CCC1. The highest BCUT2D eigenvalue weighted by Crippen LogP contribution is 2.28. The van der Waals surface area contributed by atoms with Crippen molar-refractivity contribution < 1.29 is 4.79 Å². The third-order valence-corrected chi connectivity index (χ3v) is 5.22. The number of rotatable bonds is 3. The zero-order valence-corrected chi connectivity index (χ0v) is 16.4. The summed E-state index contributed by atoms with van der Waals surface area (Å²) in [5, 5.41) is 4.01. The van der Waals surface area contributed by atoms with Crippen LogP contribution < -0.4 is 5.32 Å². The molecule has 146 valence electrons. The summed E-state index contributed by atoms with van der Waals surface area (Å²) in [5.41, 5.74) is 5.58. The molecule has 0 saturated carbocycles. The van der Waals surface area contributed by atoms with E-state index in [4.69, 9.17) is 4.98 Å². The van der Waals surface area contributed by atoms with E-state index >= 15 is 0 Å². The second-order valence-corrected chi connectivity index (χ2v) is 7.31. The first-order chi connectivity index (χ1) is 14.7. The highest BCUT2D eigenvalue weighted by molar-refractivity contribution is 6.07. The molecule has 1 amide bonds. The number of H-pyrrole nitrogens is 1. The van der Waals surface area contributed by atoms with Gasteiger partial charge in [-0.25, -0.2) is 4.98 Å². The minimum Gasteiger partial charge on any atom is -0.338 e. The van der Waals surface area contributed by atoms with Crippen LogP contribution in [0.4, 0.5) is 0 Å². The fraction of sp³-hybridized carbons (Fsp3) is 0.0800. The molecule has 5 heteroatoms. The molecule has 1 aliphatic carbocycles. The summed E-state index contributed by atoms with van der Waals surface area (Å²) in [4.78, 5) is 25.7. The van der Waals surface area contributed by atoms with Crippen LogP contribution in [0.1, 0.15) is 29.0 Å². The molecule has 1 aliphatic rings. The fourth-order valence-corrected chi connectivity index (χ4v) is 3.75. The topological polar surface area (TPSA) is 70.7 Å². The van der Waals surface area contributed by atoms with Crippen LogP contribution in [0.2, 0.25) is 0 Å². The van der Waals surface area contributed by atoms with Crippen LogP contribution in [0.15, 0.2) is 90.8 Å². The van der Waals surface area contributed by atoms with Crippen LogP contribution in [0.5, 0.6) is 0 Å². The predicted octanol–water partition coefficient (Wildman–Crippen LogP) is 5.16. The molecule has 2 N–H and O–H groups in total. The molecule has 5 rings (SSSR count). The van der Waals surface area contributed by atoms with Gasteiger partial charge in [-0.15, -0.1) is 0 Å². The number of nitrogens with zero attached hydrogens (tertiary/aromatic N) is 2. The maximum atomic E-state index is 13.2. The lowest BCUT2D eigenvalue weighted by Crippen LogP contribution is -2.24. The average molecular weight is 392 g/mol. The standard InChI is InChI=1S/C25H20N4O/c1-16-7-4-10-18(24-27-20-12-2-3-13-21(20)28-24)22(15-16)29-25(30)19-11-5-8-17-9-6-14-26-23(17)19/h2-3,5-6,8-15H,1,4,7H2,(H,27,28)(H,29,30). The Bertz CT molecular complexity index is 1320. The minimum absolute atomic E-state index is 0.206. The molecular weight excluding hydrogens is 372 g/mol. The number of benzene rings is 2. The third-order valence-electron chi connectivity index (χ3n) is 5.22. The molecule has 0 radical (unpaired) electrons. The van der Waals surface area contributed by atoms with Gasteiger partial charge in [0.1, 0.15) is 5.82 Å². The number of aromatic nitrogens is 3. The van der Waals surface area contributed by atoms with E-state index in [9.17, 15) is 4.79 Å². The Hall–Kier alpha value is -3.99. The maximum Gasteiger partial charge on any atom is 0.257 e. The number of imidazole rings is 1. The second kappa shape index (κ2) is 7.44. The zero-order valence-electron chi connectivity index (χ0n) is 16.4. The number of carbonyl (C=O) groups is 1. The van der Waals surface area contributed by atoms with Gasteiger partial charge in [-0.05, 0) is 43.2 Å². The summed E-state index contributed by atoms with van der Waals surface area (Å²) in [7, 11) is 0. The first-order valence-corrected chi connectivity index (χ1v) is 9.89. The van der Waals surface area contributed by atoms with Crippen LogP contribution in [0, 0.1) is 0 Å². The van der Waals surface area contributed by atoms with Crippen LogP contribution in [0.25, 0.3) is 27.5 Å². The van der Waals surface area contributed by atoms with E-state index in [1.807, 2.05) is 54.6 Å². The van der Waals surface area contributed by atoms with Gasteiger partial charge < -0.3 is 10.3 Å². The molecule has 0 aliphatic heterocycles. The quantitative estimate of drug-likeness (QED) is 0.506.